The van der Waals surface area contributed by atoms with Crippen LogP contribution in [-0.4, -0.2) is 10.2 Å². The Labute approximate surface area is 54.2 Å². The van der Waals surface area contributed by atoms with Gasteiger partial charge in [-0.15, -0.1) is 0 Å². The van der Waals surface area contributed by atoms with Gasteiger partial charge in [0, 0.05) is 0 Å². The molecule has 0 aromatic rings. The fourth-order valence-electron chi connectivity index (χ4n) is 0.262. The molecule has 46 valence electrons. The highest BCUT2D eigenvalue weighted by Gasteiger charge is 1.78. The van der Waals surface area contributed by atoms with Gasteiger partial charge in [0.1, 0.15) is 4.99 Å². The standard InChI is InChI=1S/C5H9NOS/c1-2-3-4-5(8)6-7/h3-4,7H,2H2,1H3,(H,6,8). The maximum atomic E-state index is 8.12. The lowest BCUT2D eigenvalue weighted by Gasteiger charge is -1.88. The van der Waals surface area contributed by atoms with Gasteiger partial charge in [-0.05, 0) is 12.5 Å². The van der Waals surface area contributed by atoms with Crippen LogP contribution in [0.3, 0.4) is 0 Å². The van der Waals surface area contributed by atoms with Crippen molar-refractivity contribution in [1.29, 1.82) is 0 Å². The van der Waals surface area contributed by atoms with Gasteiger partial charge in [0.2, 0.25) is 0 Å². The summed E-state index contributed by atoms with van der Waals surface area (Å²) in [6.45, 7) is 2.00. The number of thiocarbonyl (C=S) groups is 1. The molecular weight excluding hydrogens is 122 g/mol. The Morgan fingerprint density at radius 3 is 2.88 bits per heavy atom. The van der Waals surface area contributed by atoms with Crippen molar-refractivity contribution in [2.45, 2.75) is 13.3 Å². The van der Waals surface area contributed by atoms with Gasteiger partial charge in [-0.2, -0.15) is 0 Å². The molecule has 3 heteroatoms. The molecule has 0 aromatic carbocycles. The second-order valence-electron chi connectivity index (χ2n) is 1.29. The lowest BCUT2D eigenvalue weighted by molar-refractivity contribution is 0.238. The molecule has 0 rings (SSSR count). The minimum atomic E-state index is 0.354. The van der Waals surface area contributed by atoms with Crippen LogP contribution in [-0.2, 0) is 0 Å². The van der Waals surface area contributed by atoms with Crippen molar-refractivity contribution >= 4 is 17.2 Å². The minimum absolute atomic E-state index is 0.354. The highest BCUT2D eigenvalue weighted by molar-refractivity contribution is 7.80. The maximum absolute atomic E-state index is 8.12. The van der Waals surface area contributed by atoms with Gasteiger partial charge in [0.15, 0.2) is 0 Å². The average molecular weight is 131 g/mol. The van der Waals surface area contributed by atoms with Gasteiger partial charge in [0.05, 0.1) is 0 Å². The van der Waals surface area contributed by atoms with Crippen LogP contribution in [0.5, 0.6) is 0 Å². The average Bonchev–Trinajstić information content (AvgIpc) is 1.83. The second kappa shape index (κ2) is 4.74. The molecule has 0 saturated heterocycles. The van der Waals surface area contributed by atoms with Gasteiger partial charge < -0.3 is 0 Å². The highest BCUT2D eigenvalue weighted by Crippen LogP contribution is 1.79. The smallest absolute Gasteiger partial charge is 0.123 e. The lowest BCUT2D eigenvalue weighted by atomic mass is 10.4. The van der Waals surface area contributed by atoms with E-state index in [4.69, 9.17) is 5.21 Å². The molecule has 0 heterocycles. The number of rotatable bonds is 2. The Morgan fingerprint density at radius 2 is 2.50 bits per heavy atom. The summed E-state index contributed by atoms with van der Waals surface area (Å²) < 4.78 is 0. The van der Waals surface area contributed by atoms with Gasteiger partial charge in [-0.25, -0.2) is 0 Å². The summed E-state index contributed by atoms with van der Waals surface area (Å²) in [7, 11) is 0. The zero-order chi connectivity index (χ0) is 6.41. The largest absolute Gasteiger partial charge is 0.290 e. The molecule has 0 aliphatic heterocycles. The monoisotopic (exact) mass is 131 g/mol. The molecule has 0 bridgehead atoms. The van der Waals surface area contributed by atoms with Crippen LogP contribution in [0.4, 0.5) is 0 Å². The minimum Gasteiger partial charge on any atom is -0.290 e. The first kappa shape index (κ1) is 7.59. The summed E-state index contributed by atoms with van der Waals surface area (Å²) in [5.41, 5.74) is 1.84. The Balaban J connectivity index is 3.37. The van der Waals surface area contributed by atoms with Crippen molar-refractivity contribution < 1.29 is 5.21 Å². The van der Waals surface area contributed by atoms with Crippen LogP contribution in [0.15, 0.2) is 12.2 Å². The molecule has 0 unspecified atom stereocenters. The van der Waals surface area contributed by atoms with E-state index in [1.165, 1.54) is 0 Å². The van der Waals surface area contributed by atoms with E-state index < -0.39 is 0 Å². The van der Waals surface area contributed by atoms with Crippen molar-refractivity contribution in [2.75, 3.05) is 0 Å². The third-order valence-corrected chi connectivity index (χ3v) is 0.842. The molecule has 0 aliphatic rings. The van der Waals surface area contributed by atoms with Crippen molar-refractivity contribution in [2.24, 2.45) is 0 Å². The predicted molar refractivity (Wildman–Crippen MR) is 37.0 cm³/mol. The van der Waals surface area contributed by atoms with Gasteiger partial charge in [0.25, 0.3) is 0 Å². The van der Waals surface area contributed by atoms with Gasteiger partial charge >= 0.3 is 0 Å². The molecule has 0 fully saturated rings. The summed E-state index contributed by atoms with van der Waals surface area (Å²) in [5, 5.41) is 8.12. The topological polar surface area (TPSA) is 32.3 Å². The molecule has 0 radical (unpaired) electrons. The van der Waals surface area contributed by atoms with E-state index in [1.807, 2.05) is 18.5 Å². The summed E-state index contributed by atoms with van der Waals surface area (Å²) in [6, 6.07) is 0. The zero-order valence-electron chi connectivity index (χ0n) is 4.72. The Bertz CT molecular complexity index is 101. The van der Waals surface area contributed by atoms with Crippen LogP contribution in [0, 0.1) is 0 Å². The molecule has 0 amide bonds. The highest BCUT2D eigenvalue weighted by atomic mass is 32.1. The second-order valence-corrected chi connectivity index (χ2v) is 1.73. The predicted octanol–water partition coefficient (Wildman–Crippen LogP) is 1.26. The van der Waals surface area contributed by atoms with E-state index in [0.717, 1.165) is 6.42 Å². The van der Waals surface area contributed by atoms with Crippen molar-refractivity contribution in [3.8, 4) is 0 Å². The number of hydrogen-bond acceptors (Lipinski definition) is 2. The van der Waals surface area contributed by atoms with Crippen LogP contribution in [0.25, 0.3) is 0 Å². The molecule has 2 N–H and O–H groups in total. The lowest BCUT2D eigenvalue weighted by Crippen LogP contribution is -2.12. The molecule has 2 nitrogen and oxygen atoms in total. The molecule has 0 aromatic heterocycles. The zero-order valence-corrected chi connectivity index (χ0v) is 5.53. The number of hydroxylamine groups is 1. The third-order valence-electron chi connectivity index (χ3n) is 0.615. The number of hydrogen-bond donors (Lipinski definition) is 2. The quantitative estimate of drug-likeness (QED) is 0.336. The first-order chi connectivity index (χ1) is 3.81. The molecule has 0 spiro atoms. The first-order valence-electron chi connectivity index (χ1n) is 2.42. The summed E-state index contributed by atoms with van der Waals surface area (Å²) >= 11 is 4.57. The van der Waals surface area contributed by atoms with E-state index in [9.17, 15) is 0 Å². The van der Waals surface area contributed by atoms with Crippen LogP contribution in [0.2, 0.25) is 0 Å². The molecule has 8 heavy (non-hydrogen) atoms. The Hall–Kier alpha value is -0.410. The number of nitrogens with one attached hydrogen (secondary N) is 1. The summed E-state index contributed by atoms with van der Waals surface area (Å²) in [6.07, 6.45) is 4.45. The Kier molecular flexibility index (Phi) is 4.50. The van der Waals surface area contributed by atoms with E-state index in [0.29, 0.717) is 4.99 Å². The van der Waals surface area contributed by atoms with E-state index in [-0.39, 0.29) is 0 Å². The molecule has 0 aliphatic carbocycles. The normalized spacial score (nSPS) is 9.75. The molecule has 0 saturated carbocycles. The fraction of sp³-hybridized carbons (Fsp3) is 0.400. The van der Waals surface area contributed by atoms with Crippen LogP contribution in [0.1, 0.15) is 13.3 Å². The fourth-order valence-corrected chi connectivity index (χ4v) is 0.358. The van der Waals surface area contributed by atoms with Crippen molar-refractivity contribution in [1.82, 2.24) is 5.48 Å². The van der Waals surface area contributed by atoms with E-state index in [1.54, 1.807) is 6.08 Å². The number of allylic oxidation sites excluding steroid dienone is 1. The SMILES string of the molecule is CCC=CC(=S)NO. The summed E-state index contributed by atoms with van der Waals surface area (Å²) in [5.74, 6) is 0. The van der Waals surface area contributed by atoms with Crippen LogP contribution < -0.4 is 5.48 Å². The van der Waals surface area contributed by atoms with Gasteiger partial charge in [-0.3, -0.25) is 10.7 Å². The first-order valence-corrected chi connectivity index (χ1v) is 2.82. The molecular formula is C5H9NOS. The van der Waals surface area contributed by atoms with E-state index >= 15 is 0 Å². The third kappa shape index (κ3) is 3.77. The van der Waals surface area contributed by atoms with E-state index in [2.05, 4.69) is 12.2 Å². The Morgan fingerprint density at radius 1 is 1.88 bits per heavy atom. The van der Waals surface area contributed by atoms with Crippen molar-refractivity contribution in [3.63, 3.8) is 0 Å². The van der Waals surface area contributed by atoms with Crippen molar-refractivity contribution in [3.05, 3.63) is 12.2 Å². The van der Waals surface area contributed by atoms with Crippen LogP contribution >= 0.6 is 12.2 Å². The molecule has 0 atom stereocenters. The van der Waals surface area contributed by atoms with Gasteiger partial charge in [-0.1, -0.05) is 25.2 Å². The maximum Gasteiger partial charge on any atom is 0.123 e. The summed E-state index contributed by atoms with van der Waals surface area (Å²) in [4.78, 5) is 0.354.